The second-order valence-corrected chi connectivity index (χ2v) is 6.65. The van der Waals surface area contributed by atoms with E-state index in [0.29, 0.717) is 16.3 Å². The second-order valence-electron chi connectivity index (χ2n) is 5.83. The van der Waals surface area contributed by atoms with Crippen LogP contribution in [0.4, 0.5) is 5.69 Å². The van der Waals surface area contributed by atoms with Gasteiger partial charge in [-0.1, -0.05) is 35.2 Å². The van der Waals surface area contributed by atoms with Crippen LogP contribution in [0.5, 0.6) is 0 Å². The largest absolute Gasteiger partial charge is 0.343 e. The van der Waals surface area contributed by atoms with Gasteiger partial charge in [-0.3, -0.25) is 14.4 Å². The molecule has 0 unspecified atom stereocenters. The average molecular weight is 418 g/mol. The molecule has 3 amide bonds. The number of amides is 3. The predicted molar refractivity (Wildman–Crippen MR) is 109 cm³/mol. The van der Waals surface area contributed by atoms with E-state index in [2.05, 4.69) is 16.6 Å². The van der Waals surface area contributed by atoms with Crippen LogP contribution in [0, 0.1) is 12.3 Å². The molecule has 28 heavy (non-hydrogen) atoms. The Labute approximate surface area is 172 Å². The summed E-state index contributed by atoms with van der Waals surface area (Å²) in [6.45, 7) is -0.447. The normalized spacial score (nSPS) is 9.93. The zero-order valence-corrected chi connectivity index (χ0v) is 16.5. The van der Waals surface area contributed by atoms with E-state index in [1.807, 2.05) is 0 Å². The summed E-state index contributed by atoms with van der Waals surface area (Å²) >= 11 is 11.7. The highest BCUT2D eigenvalue weighted by Gasteiger charge is 2.15. The van der Waals surface area contributed by atoms with E-state index in [-0.39, 0.29) is 29.6 Å². The Bertz CT molecular complexity index is 954. The molecule has 2 aromatic carbocycles. The SMILES string of the molecule is C#Cc1cccc(NC(=O)CN(C)C(=O)CNC(=O)c2ccc(Cl)c(Cl)c2)c1. The smallest absolute Gasteiger partial charge is 0.251 e. The lowest BCUT2D eigenvalue weighted by molar-refractivity contribution is -0.132. The number of rotatable bonds is 6. The summed E-state index contributed by atoms with van der Waals surface area (Å²) in [5.41, 5.74) is 1.44. The van der Waals surface area contributed by atoms with Crippen molar-refractivity contribution in [2.24, 2.45) is 0 Å². The molecule has 0 saturated carbocycles. The molecule has 0 aromatic heterocycles. The molecule has 0 aliphatic carbocycles. The number of carbonyl (C=O) groups is 3. The van der Waals surface area contributed by atoms with Gasteiger partial charge in [0.05, 0.1) is 23.1 Å². The molecule has 0 fully saturated rings. The Hall–Kier alpha value is -3.01. The van der Waals surface area contributed by atoms with Crippen LogP contribution in [0.3, 0.4) is 0 Å². The van der Waals surface area contributed by atoms with Gasteiger partial charge in [0.2, 0.25) is 11.8 Å². The fourth-order valence-corrected chi connectivity index (χ4v) is 2.52. The fourth-order valence-electron chi connectivity index (χ4n) is 2.22. The van der Waals surface area contributed by atoms with E-state index < -0.39 is 11.8 Å². The van der Waals surface area contributed by atoms with Gasteiger partial charge in [-0.15, -0.1) is 6.42 Å². The number of terminal acetylenes is 1. The van der Waals surface area contributed by atoms with Crippen LogP contribution in [-0.4, -0.2) is 42.8 Å². The molecule has 0 spiro atoms. The van der Waals surface area contributed by atoms with Crippen molar-refractivity contribution in [1.82, 2.24) is 10.2 Å². The van der Waals surface area contributed by atoms with Gasteiger partial charge in [0.1, 0.15) is 0 Å². The molecule has 2 aromatic rings. The van der Waals surface area contributed by atoms with Crippen LogP contribution in [0.2, 0.25) is 10.0 Å². The molecule has 0 saturated heterocycles. The number of nitrogens with one attached hydrogen (secondary N) is 2. The molecule has 0 bridgehead atoms. The zero-order valence-electron chi connectivity index (χ0n) is 15.0. The Morgan fingerprint density at radius 3 is 2.54 bits per heavy atom. The summed E-state index contributed by atoms with van der Waals surface area (Å²) in [5, 5.41) is 5.71. The highest BCUT2D eigenvalue weighted by Crippen LogP contribution is 2.22. The van der Waals surface area contributed by atoms with E-state index in [9.17, 15) is 14.4 Å². The van der Waals surface area contributed by atoms with Crippen molar-refractivity contribution in [3.05, 3.63) is 63.6 Å². The van der Waals surface area contributed by atoms with E-state index in [1.54, 1.807) is 24.3 Å². The quantitative estimate of drug-likeness (QED) is 0.709. The van der Waals surface area contributed by atoms with Gasteiger partial charge in [0.15, 0.2) is 0 Å². The topological polar surface area (TPSA) is 78.5 Å². The summed E-state index contributed by atoms with van der Waals surface area (Å²) in [7, 11) is 1.46. The first-order valence-corrected chi connectivity index (χ1v) is 8.89. The van der Waals surface area contributed by atoms with Gasteiger partial charge in [-0.05, 0) is 36.4 Å². The standard InChI is InChI=1S/C20H17Cl2N3O3/c1-3-13-5-4-6-15(9-13)24-18(26)12-25(2)19(27)11-23-20(28)14-7-8-16(21)17(22)10-14/h1,4-10H,11-12H2,2H3,(H,23,28)(H,24,26). The maximum Gasteiger partial charge on any atom is 0.251 e. The van der Waals surface area contributed by atoms with Crippen molar-refractivity contribution in [3.63, 3.8) is 0 Å². The Morgan fingerprint density at radius 2 is 1.86 bits per heavy atom. The monoisotopic (exact) mass is 417 g/mol. The summed E-state index contributed by atoms with van der Waals surface area (Å²) < 4.78 is 0. The average Bonchev–Trinajstić information content (AvgIpc) is 2.67. The first-order chi connectivity index (χ1) is 13.3. The van der Waals surface area contributed by atoms with Crippen molar-refractivity contribution in [1.29, 1.82) is 0 Å². The van der Waals surface area contributed by atoms with Gasteiger partial charge in [-0.25, -0.2) is 0 Å². The molecule has 2 rings (SSSR count). The van der Waals surface area contributed by atoms with E-state index in [4.69, 9.17) is 29.6 Å². The van der Waals surface area contributed by atoms with Gasteiger partial charge in [0, 0.05) is 23.9 Å². The summed E-state index contributed by atoms with van der Waals surface area (Å²) in [5.74, 6) is 1.18. The number of benzene rings is 2. The van der Waals surface area contributed by atoms with Crippen molar-refractivity contribution < 1.29 is 14.4 Å². The summed E-state index contributed by atoms with van der Waals surface area (Å²) in [6, 6.07) is 11.2. The summed E-state index contributed by atoms with van der Waals surface area (Å²) in [4.78, 5) is 37.5. The van der Waals surface area contributed by atoms with Gasteiger partial charge in [0.25, 0.3) is 5.91 Å². The third kappa shape index (κ3) is 6.02. The fraction of sp³-hybridized carbons (Fsp3) is 0.150. The highest BCUT2D eigenvalue weighted by atomic mass is 35.5. The van der Waals surface area contributed by atoms with Crippen molar-refractivity contribution in [2.45, 2.75) is 0 Å². The van der Waals surface area contributed by atoms with Crippen LogP contribution in [0.1, 0.15) is 15.9 Å². The van der Waals surface area contributed by atoms with E-state index in [0.717, 1.165) is 0 Å². The molecule has 144 valence electrons. The lowest BCUT2D eigenvalue weighted by Gasteiger charge is -2.17. The Kier molecular flexibility index (Phi) is 7.44. The molecule has 8 heteroatoms. The molecule has 6 nitrogen and oxygen atoms in total. The number of halogens is 2. The van der Waals surface area contributed by atoms with Crippen LogP contribution in [-0.2, 0) is 9.59 Å². The molecule has 2 N–H and O–H groups in total. The summed E-state index contributed by atoms with van der Waals surface area (Å²) in [6.07, 6.45) is 5.32. The van der Waals surface area contributed by atoms with Crippen LogP contribution in [0.15, 0.2) is 42.5 Å². The van der Waals surface area contributed by atoms with Gasteiger partial charge < -0.3 is 15.5 Å². The molecular weight excluding hydrogens is 401 g/mol. The number of carbonyl (C=O) groups excluding carboxylic acids is 3. The lowest BCUT2D eigenvalue weighted by atomic mass is 10.2. The van der Waals surface area contributed by atoms with Crippen molar-refractivity contribution >= 4 is 46.6 Å². The van der Waals surface area contributed by atoms with Crippen LogP contribution in [0.25, 0.3) is 0 Å². The second kappa shape index (κ2) is 9.79. The molecule has 0 atom stereocenters. The highest BCUT2D eigenvalue weighted by molar-refractivity contribution is 6.42. The maximum absolute atomic E-state index is 12.1. The minimum Gasteiger partial charge on any atom is -0.343 e. The Balaban J connectivity index is 1.84. The van der Waals surface area contributed by atoms with Gasteiger partial charge in [-0.2, -0.15) is 0 Å². The zero-order chi connectivity index (χ0) is 20.7. The minimum absolute atomic E-state index is 0.179. The first-order valence-electron chi connectivity index (χ1n) is 8.14. The number of likely N-dealkylation sites (N-methyl/N-ethyl adjacent to an activating group) is 1. The van der Waals surface area contributed by atoms with Crippen molar-refractivity contribution in [3.8, 4) is 12.3 Å². The third-order valence-corrected chi connectivity index (χ3v) is 4.44. The Morgan fingerprint density at radius 1 is 1.11 bits per heavy atom. The first kappa shape index (κ1) is 21.3. The van der Waals surface area contributed by atoms with Gasteiger partial charge >= 0.3 is 0 Å². The number of anilines is 1. The molecular formula is C20H17Cl2N3O3. The molecule has 0 heterocycles. The van der Waals surface area contributed by atoms with E-state index in [1.165, 1.54) is 30.1 Å². The predicted octanol–water partition coefficient (Wildman–Crippen LogP) is 2.80. The number of hydrogen-bond acceptors (Lipinski definition) is 3. The number of nitrogens with zero attached hydrogens (tertiary/aromatic N) is 1. The lowest BCUT2D eigenvalue weighted by Crippen LogP contribution is -2.41. The van der Waals surface area contributed by atoms with Crippen LogP contribution < -0.4 is 10.6 Å². The third-order valence-electron chi connectivity index (χ3n) is 3.70. The number of hydrogen-bond donors (Lipinski definition) is 2. The maximum atomic E-state index is 12.1. The van der Waals surface area contributed by atoms with Crippen LogP contribution >= 0.6 is 23.2 Å². The molecule has 0 aliphatic rings. The molecule has 0 aliphatic heterocycles. The van der Waals surface area contributed by atoms with Crippen molar-refractivity contribution in [2.75, 3.05) is 25.5 Å². The van der Waals surface area contributed by atoms with E-state index >= 15 is 0 Å². The molecule has 0 radical (unpaired) electrons. The minimum atomic E-state index is -0.476.